The monoisotopic (exact) mass is 234 g/mol. The van der Waals surface area contributed by atoms with Crippen LogP contribution < -0.4 is 14.8 Å². The number of nitriles is 1. The quantitative estimate of drug-likeness (QED) is 0.769. The first-order valence-electron chi connectivity index (χ1n) is 5.56. The van der Waals surface area contributed by atoms with E-state index < -0.39 is 0 Å². The highest BCUT2D eigenvalue weighted by Crippen LogP contribution is 2.32. The van der Waals surface area contributed by atoms with E-state index in [1.165, 1.54) is 0 Å². The fourth-order valence-electron chi connectivity index (χ4n) is 1.58. The Morgan fingerprint density at radius 3 is 2.53 bits per heavy atom. The van der Waals surface area contributed by atoms with Crippen molar-refractivity contribution in [1.29, 1.82) is 5.26 Å². The van der Waals surface area contributed by atoms with E-state index in [0.717, 1.165) is 35.7 Å². The largest absolute Gasteiger partial charge is 0.496 e. The van der Waals surface area contributed by atoms with Gasteiger partial charge in [0.25, 0.3) is 0 Å². The van der Waals surface area contributed by atoms with Gasteiger partial charge in [-0.2, -0.15) is 5.26 Å². The van der Waals surface area contributed by atoms with Gasteiger partial charge in [-0.15, -0.1) is 0 Å². The topological polar surface area (TPSA) is 54.3 Å². The van der Waals surface area contributed by atoms with Crippen LogP contribution in [0.1, 0.15) is 18.4 Å². The van der Waals surface area contributed by atoms with Crippen molar-refractivity contribution in [2.45, 2.75) is 19.8 Å². The molecule has 0 aliphatic heterocycles. The molecule has 4 nitrogen and oxygen atoms in total. The molecule has 0 unspecified atom stereocenters. The van der Waals surface area contributed by atoms with E-state index >= 15 is 0 Å². The van der Waals surface area contributed by atoms with Gasteiger partial charge >= 0.3 is 0 Å². The lowest BCUT2D eigenvalue weighted by Gasteiger charge is -2.14. The fraction of sp³-hybridized carbons (Fsp3) is 0.462. The van der Waals surface area contributed by atoms with Crippen molar-refractivity contribution in [1.82, 2.24) is 0 Å². The van der Waals surface area contributed by atoms with Crippen LogP contribution in [0.3, 0.4) is 0 Å². The Hall–Kier alpha value is -1.89. The van der Waals surface area contributed by atoms with Crippen molar-refractivity contribution < 1.29 is 9.47 Å². The Balaban J connectivity index is 2.78. The standard InChI is InChI=1S/C13H18N2O2/c1-10-8-13(17-3)11(9-12(10)16-2)15-7-5-4-6-14/h8-9,15H,4-5,7H2,1-3H3. The Morgan fingerprint density at radius 1 is 1.24 bits per heavy atom. The summed E-state index contributed by atoms with van der Waals surface area (Å²) in [5, 5.41) is 11.7. The molecular formula is C13H18N2O2. The van der Waals surface area contributed by atoms with Gasteiger partial charge in [-0.3, -0.25) is 0 Å². The second kappa shape index (κ2) is 6.64. The van der Waals surface area contributed by atoms with Gasteiger partial charge in [0.2, 0.25) is 0 Å². The number of aryl methyl sites for hydroxylation is 1. The molecule has 1 aromatic rings. The van der Waals surface area contributed by atoms with Gasteiger partial charge in [-0.05, 0) is 25.0 Å². The zero-order valence-corrected chi connectivity index (χ0v) is 10.5. The first-order valence-corrected chi connectivity index (χ1v) is 5.56. The maximum absolute atomic E-state index is 8.46. The normalized spacial score (nSPS) is 9.53. The molecule has 0 saturated heterocycles. The summed E-state index contributed by atoms with van der Waals surface area (Å²) in [6.45, 7) is 2.72. The number of nitrogens with zero attached hydrogens (tertiary/aromatic N) is 1. The van der Waals surface area contributed by atoms with Crippen molar-refractivity contribution in [3.8, 4) is 17.6 Å². The van der Waals surface area contributed by atoms with Gasteiger partial charge in [0, 0.05) is 19.0 Å². The molecule has 0 heterocycles. The number of nitrogens with one attached hydrogen (secondary N) is 1. The number of ether oxygens (including phenoxy) is 2. The second-order valence-electron chi connectivity index (χ2n) is 3.71. The molecule has 0 aliphatic carbocycles. The SMILES string of the molecule is COc1cc(NCCCC#N)c(OC)cc1C. The average molecular weight is 234 g/mol. The minimum Gasteiger partial charge on any atom is -0.496 e. The van der Waals surface area contributed by atoms with Crippen molar-refractivity contribution in [3.63, 3.8) is 0 Å². The summed E-state index contributed by atoms with van der Waals surface area (Å²) in [6.07, 6.45) is 1.37. The van der Waals surface area contributed by atoms with Gasteiger partial charge in [0.15, 0.2) is 0 Å². The summed E-state index contributed by atoms with van der Waals surface area (Å²) in [5.74, 6) is 1.62. The molecule has 4 heteroatoms. The molecule has 1 aromatic carbocycles. The zero-order valence-electron chi connectivity index (χ0n) is 10.5. The summed E-state index contributed by atoms with van der Waals surface area (Å²) in [6, 6.07) is 5.97. The molecule has 0 radical (unpaired) electrons. The third-order valence-corrected chi connectivity index (χ3v) is 2.50. The van der Waals surface area contributed by atoms with Crippen LogP contribution >= 0.6 is 0 Å². The zero-order chi connectivity index (χ0) is 12.7. The van der Waals surface area contributed by atoms with E-state index in [0.29, 0.717) is 6.42 Å². The summed E-state index contributed by atoms with van der Waals surface area (Å²) < 4.78 is 10.6. The lowest BCUT2D eigenvalue weighted by Crippen LogP contribution is -2.04. The highest BCUT2D eigenvalue weighted by atomic mass is 16.5. The van der Waals surface area contributed by atoms with Crippen molar-refractivity contribution >= 4 is 5.69 Å². The van der Waals surface area contributed by atoms with Gasteiger partial charge in [0.05, 0.1) is 26.0 Å². The van der Waals surface area contributed by atoms with Gasteiger partial charge in [0.1, 0.15) is 11.5 Å². The van der Waals surface area contributed by atoms with Gasteiger partial charge in [-0.25, -0.2) is 0 Å². The minimum absolute atomic E-state index is 0.554. The summed E-state index contributed by atoms with van der Waals surface area (Å²) >= 11 is 0. The molecule has 1 N–H and O–H groups in total. The molecular weight excluding hydrogens is 216 g/mol. The van der Waals surface area contributed by atoms with E-state index in [2.05, 4.69) is 11.4 Å². The molecule has 1 rings (SSSR count). The number of unbranched alkanes of at least 4 members (excludes halogenated alkanes) is 1. The highest BCUT2D eigenvalue weighted by molar-refractivity contribution is 5.62. The average Bonchev–Trinajstić information content (AvgIpc) is 2.35. The van der Waals surface area contributed by atoms with Crippen LogP contribution in [0.5, 0.6) is 11.5 Å². The van der Waals surface area contributed by atoms with Crippen molar-refractivity contribution in [2.24, 2.45) is 0 Å². The maximum atomic E-state index is 8.46. The Labute approximate surface area is 102 Å². The summed E-state index contributed by atoms with van der Waals surface area (Å²) in [4.78, 5) is 0. The maximum Gasteiger partial charge on any atom is 0.142 e. The van der Waals surface area contributed by atoms with Crippen LogP contribution in [0.4, 0.5) is 5.69 Å². The first kappa shape index (κ1) is 13.2. The molecule has 0 aromatic heterocycles. The predicted octanol–water partition coefficient (Wildman–Crippen LogP) is 2.73. The molecule has 0 aliphatic rings. The van der Waals surface area contributed by atoms with Crippen LogP contribution in [-0.2, 0) is 0 Å². The van der Waals surface area contributed by atoms with Crippen molar-refractivity contribution in [2.75, 3.05) is 26.1 Å². The molecule has 0 atom stereocenters. The van der Waals surface area contributed by atoms with Crippen LogP contribution in [0.2, 0.25) is 0 Å². The van der Waals surface area contributed by atoms with E-state index in [9.17, 15) is 0 Å². The number of anilines is 1. The Bertz CT molecular complexity index is 411. The highest BCUT2D eigenvalue weighted by Gasteiger charge is 2.07. The van der Waals surface area contributed by atoms with Crippen molar-refractivity contribution in [3.05, 3.63) is 17.7 Å². The molecule has 0 saturated carbocycles. The van der Waals surface area contributed by atoms with Gasteiger partial charge in [-0.1, -0.05) is 0 Å². The lowest BCUT2D eigenvalue weighted by molar-refractivity contribution is 0.402. The van der Waals surface area contributed by atoms with E-state index in [4.69, 9.17) is 14.7 Å². The molecule has 0 amide bonds. The lowest BCUT2D eigenvalue weighted by atomic mass is 10.2. The van der Waals surface area contributed by atoms with E-state index in [-0.39, 0.29) is 0 Å². The third-order valence-electron chi connectivity index (χ3n) is 2.50. The Kier molecular flexibility index (Phi) is 5.15. The first-order chi connectivity index (χ1) is 8.22. The number of hydrogen-bond acceptors (Lipinski definition) is 4. The second-order valence-corrected chi connectivity index (χ2v) is 3.71. The van der Waals surface area contributed by atoms with Crippen LogP contribution in [0, 0.1) is 18.3 Å². The van der Waals surface area contributed by atoms with Gasteiger partial charge < -0.3 is 14.8 Å². The van der Waals surface area contributed by atoms with E-state index in [1.54, 1.807) is 14.2 Å². The molecule has 0 fully saturated rings. The number of rotatable bonds is 6. The molecule has 0 bridgehead atoms. The third kappa shape index (κ3) is 3.56. The Morgan fingerprint density at radius 2 is 1.94 bits per heavy atom. The number of hydrogen-bond donors (Lipinski definition) is 1. The van der Waals surface area contributed by atoms with Crippen LogP contribution in [0.15, 0.2) is 12.1 Å². The summed E-state index contributed by atoms with van der Waals surface area (Å²) in [7, 11) is 3.29. The van der Waals surface area contributed by atoms with E-state index in [1.807, 2.05) is 19.1 Å². The summed E-state index contributed by atoms with van der Waals surface area (Å²) in [5.41, 5.74) is 1.93. The molecule has 17 heavy (non-hydrogen) atoms. The van der Waals surface area contributed by atoms with Crippen LogP contribution in [0.25, 0.3) is 0 Å². The predicted molar refractivity (Wildman–Crippen MR) is 67.6 cm³/mol. The minimum atomic E-state index is 0.554. The molecule has 0 spiro atoms. The smallest absolute Gasteiger partial charge is 0.142 e. The fourth-order valence-corrected chi connectivity index (χ4v) is 1.58. The van der Waals surface area contributed by atoms with Crippen LogP contribution in [-0.4, -0.2) is 20.8 Å². The number of benzene rings is 1. The molecule has 92 valence electrons. The number of methoxy groups -OCH3 is 2.